The highest BCUT2D eigenvalue weighted by atomic mass is 35.5. The second-order valence-electron chi connectivity index (χ2n) is 2.67. The van der Waals surface area contributed by atoms with Crippen LogP contribution in [0.4, 0.5) is 0 Å². The molecule has 0 heterocycles. The molecule has 0 aromatic heterocycles. The van der Waals surface area contributed by atoms with Crippen LogP contribution in [0.1, 0.15) is 0 Å². The van der Waals surface area contributed by atoms with Crippen LogP contribution in [0.3, 0.4) is 0 Å². The zero-order valence-corrected chi connectivity index (χ0v) is 8.89. The molecule has 0 aliphatic rings. The van der Waals surface area contributed by atoms with Gasteiger partial charge in [0, 0.05) is 0 Å². The Balaban J connectivity index is 0.000000245. The average molecular weight is 225 g/mol. The molecule has 0 bridgehead atoms. The first-order valence-electron chi connectivity index (χ1n) is 4.27. The third-order valence-corrected chi connectivity index (χ3v) is 1.51. The Kier molecular flexibility index (Phi) is 6.85. The number of hydrogen-bond acceptors (Lipinski definition) is 2. The second-order valence-corrected chi connectivity index (χ2v) is 2.67. The van der Waals surface area contributed by atoms with Crippen molar-refractivity contribution in [2.24, 2.45) is 0 Å². The van der Waals surface area contributed by atoms with E-state index in [2.05, 4.69) is 0 Å². The molecule has 3 heteroatoms. The number of aromatic hydroxyl groups is 2. The summed E-state index contributed by atoms with van der Waals surface area (Å²) >= 11 is 0. The predicted molar refractivity (Wildman–Crippen MR) is 63.5 cm³/mol. The predicted octanol–water partition coefficient (Wildman–Crippen LogP) is 3.21. The topological polar surface area (TPSA) is 40.5 Å². The molecule has 0 amide bonds. The zero-order valence-electron chi connectivity index (χ0n) is 8.08. The van der Waals surface area contributed by atoms with E-state index in [0.29, 0.717) is 11.5 Å². The molecule has 80 valence electrons. The first kappa shape index (κ1) is 13.3. The summed E-state index contributed by atoms with van der Waals surface area (Å²) < 4.78 is 0. The largest absolute Gasteiger partial charge is 0.508 e. The van der Waals surface area contributed by atoms with Gasteiger partial charge in [0.15, 0.2) is 0 Å². The van der Waals surface area contributed by atoms with E-state index in [0.717, 1.165) is 0 Å². The van der Waals surface area contributed by atoms with E-state index in [4.69, 9.17) is 10.2 Å². The highest BCUT2D eigenvalue weighted by Crippen LogP contribution is 2.03. The minimum Gasteiger partial charge on any atom is -0.508 e. The van der Waals surface area contributed by atoms with Crippen LogP contribution in [0.5, 0.6) is 11.5 Å². The molecule has 0 aliphatic heterocycles. The van der Waals surface area contributed by atoms with Crippen molar-refractivity contribution in [3.8, 4) is 11.5 Å². The summed E-state index contributed by atoms with van der Waals surface area (Å²) in [5.74, 6) is 0.644. The van der Waals surface area contributed by atoms with Crippen LogP contribution in [0, 0.1) is 0 Å². The number of phenolic OH excluding ortho intramolecular Hbond substituents is 2. The molecule has 0 spiro atoms. The summed E-state index contributed by atoms with van der Waals surface area (Å²) in [6.07, 6.45) is 0. The van der Waals surface area contributed by atoms with Crippen LogP contribution in [0.25, 0.3) is 0 Å². The molecule has 2 rings (SSSR count). The van der Waals surface area contributed by atoms with E-state index in [9.17, 15) is 0 Å². The number of hydrogen-bond donors (Lipinski definition) is 2. The van der Waals surface area contributed by atoms with Crippen molar-refractivity contribution in [1.29, 1.82) is 0 Å². The standard InChI is InChI=1S/2C6H6O.ClH/c2*7-6-4-2-1-3-5-6;/h2*1-5,7H;1H. The molecule has 0 atom stereocenters. The van der Waals surface area contributed by atoms with Crippen molar-refractivity contribution < 1.29 is 10.2 Å². The fourth-order valence-corrected chi connectivity index (χ4v) is 0.856. The summed E-state index contributed by atoms with van der Waals surface area (Å²) in [4.78, 5) is 0. The molecular formula is C12H13ClO2. The van der Waals surface area contributed by atoms with E-state index in [1.165, 1.54) is 0 Å². The third-order valence-electron chi connectivity index (χ3n) is 1.51. The van der Waals surface area contributed by atoms with Crippen molar-refractivity contribution >= 4 is 12.4 Å². The van der Waals surface area contributed by atoms with Crippen LogP contribution in [0.15, 0.2) is 60.7 Å². The maximum Gasteiger partial charge on any atom is 0.115 e. The molecule has 2 N–H and O–H groups in total. The van der Waals surface area contributed by atoms with Crippen LogP contribution >= 0.6 is 12.4 Å². The summed E-state index contributed by atoms with van der Waals surface area (Å²) in [5.41, 5.74) is 0. The Hall–Kier alpha value is -1.67. The van der Waals surface area contributed by atoms with Gasteiger partial charge in [-0.25, -0.2) is 0 Å². The normalized spacial score (nSPS) is 8.00. The molecule has 2 nitrogen and oxygen atoms in total. The molecule has 0 saturated heterocycles. The number of benzene rings is 2. The van der Waals surface area contributed by atoms with E-state index in [-0.39, 0.29) is 12.4 Å². The van der Waals surface area contributed by atoms with Gasteiger partial charge in [-0.2, -0.15) is 0 Å². The molecule has 2 aromatic rings. The van der Waals surface area contributed by atoms with Gasteiger partial charge < -0.3 is 10.2 Å². The minimum absolute atomic E-state index is 0. The summed E-state index contributed by atoms with van der Waals surface area (Å²) in [6.45, 7) is 0. The van der Waals surface area contributed by atoms with Crippen molar-refractivity contribution in [2.45, 2.75) is 0 Å². The van der Waals surface area contributed by atoms with Gasteiger partial charge in [0.2, 0.25) is 0 Å². The van der Waals surface area contributed by atoms with E-state index < -0.39 is 0 Å². The summed E-state index contributed by atoms with van der Waals surface area (Å²) in [7, 11) is 0. The molecular weight excluding hydrogens is 212 g/mol. The fourth-order valence-electron chi connectivity index (χ4n) is 0.856. The highest BCUT2D eigenvalue weighted by molar-refractivity contribution is 5.85. The maximum absolute atomic E-state index is 8.63. The van der Waals surface area contributed by atoms with Gasteiger partial charge >= 0.3 is 0 Å². The zero-order chi connectivity index (χ0) is 10.2. The number of para-hydroxylation sites is 2. The van der Waals surface area contributed by atoms with Gasteiger partial charge in [-0.1, -0.05) is 36.4 Å². The van der Waals surface area contributed by atoms with Gasteiger partial charge in [0.25, 0.3) is 0 Å². The van der Waals surface area contributed by atoms with Gasteiger partial charge in [-0.3, -0.25) is 0 Å². The van der Waals surface area contributed by atoms with Crippen molar-refractivity contribution in [2.75, 3.05) is 0 Å². The Bertz CT molecular complexity index is 311. The lowest BCUT2D eigenvalue weighted by molar-refractivity contribution is 0.475. The average Bonchev–Trinajstić information content (AvgIpc) is 2.21. The molecule has 15 heavy (non-hydrogen) atoms. The van der Waals surface area contributed by atoms with Crippen molar-refractivity contribution in [1.82, 2.24) is 0 Å². The Morgan fingerprint density at radius 1 is 0.533 bits per heavy atom. The lowest BCUT2D eigenvalue weighted by Crippen LogP contribution is -1.56. The lowest BCUT2D eigenvalue weighted by atomic mass is 10.3. The Morgan fingerprint density at radius 3 is 0.933 bits per heavy atom. The number of phenols is 2. The van der Waals surface area contributed by atoms with Crippen molar-refractivity contribution in [3.63, 3.8) is 0 Å². The highest BCUT2D eigenvalue weighted by Gasteiger charge is 1.75. The molecule has 0 saturated carbocycles. The quantitative estimate of drug-likeness (QED) is 0.722. The third kappa shape index (κ3) is 6.41. The molecule has 0 aliphatic carbocycles. The Labute approximate surface area is 95.2 Å². The van der Waals surface area contributed by atoms with E-state index >= 15 is 0 Å². The van der Waals surface area contributed by atoms with Gasteiger partial charge in [-0.15, -0.1) is 12.4 Å². The first-order valence-corrected chi connectivity index (χ1v) is 4.27. The van der Waals surface area contributed by atoms with E-state index in [1.807, 2.05) is 12.1 Å². The minimum atomic E-state index is 0. The maximum atomic E-state index is 8.63. The fraction of sp³-hybridized carbons (Fsp3) is 0. The van der Waals surface area contributed by atoms with E-state index in [1.54, 1.807) is 48.5 Å². The van der Waals surface area contributed by atoms with Crippen LogP contribution in [0.2, 0.25) is 0 Å². The molecule has 0 radical (unpaired) electrons. The number of halogens is 1. The van der Waals surface area contributed by atoms with Crippen LogP contribution in [-0.2, 0) is 0 Å². The molecule has 2 aromatic carbocycles. The van der Waals surface area contributed by atoms with Crippen LogP contribution < -0.4 is 0 Å². The first-order chi connectivity index (χ1) is 6.79. The molecule has 0 unspecified atom stereocenters. The van der Waals surface area contributed by atoms with Gasteiger partial charge in [-0.05, 0) is 24.3 Å². The van der Waals surface area contributed by atoms with Gasteiger partial charge in [0.05, 0.1) is 0 Å². The lowest BCUT2D eigenvalue weighted by Gasteiger charge is -1.82. The van der Waals surface area contributed by atoms with Crippen molar-refractivity contribution in [3.05, 3.63) is 60.7 Å². The van der Waals surface area contributed by atoms with Gasteiger partial charge in [0.1, 0.15) is 11.5 Å². The van der Waals surface area contributed by atoms with Crippen LogP contribution in [-0.4, -0.2) is 10.2 Å². The summed E-state index contributed by atoms with van der Waals surface area (Å²) in [6, 6.07) is 17.4. The SMILES string of the molecule is Cl.Oc1ccccc1.Oc1ccccc1. The smallest absolute Gasteiger partial charge is 0.115 e. The molecule has 0 fully saturated rings. The summed E-state index contributed by atoms with van der Waals surface area (Å²) in [5, 5.41) is 17.3. The Morgan fingerprint density at radius 2 is 0.800 bits per heavy atom. The second kappa shape index (κ2) is 7.71. The monoisotopic (exact) mass is 224 g/mol. The number of rotatable bonds is 0.